The van der Waals surface area contributed by atoms with E-state index in [1.165, 1.54) is 12.1 Å². The standard InChI is InChI=1S/C15H15ClFNS/c1-10-5-11(7-13(17)6-10)15(18)9-19-14-4-2-3-12(16)8-14/h2-8,15H,9,18H2,1H3. The minimum absolute atomic E-state index is 0.196. The van der Waals surface area contributed by atoms with E-state index in [1.807, 2.05) is 37.3 Å². The van der Waals surface area contributed by atoms with Crippen molar-refractivity contribution in [1.29, 1.82) is 0 Å². The number of halogens is 2. The molecule has 100 valence electrons. The molecule has 2 aromatic carbocycles. The Morgan fingerprint density at radius 2 is 2.05 bits per heavy atom. The van der Waals surface area contributed by atoms with Crippen molar-refractivity contribution in [2.75, 3.05) is 5.75 Å². The van der Waals surface area contributed by atoms with E-state index in [2.05, 4.69) is 0 Å². The lowest BCUT2D eigenvalue weighted by molar-refractivity contribution is 0.621. The summed E-state index contributed by atoms with van der Waals surface area (Å²) >= 11 is 7.54. The molecule has 0 aliphatic rings. The zero-order valence-corrected chi connectivity index (χ0v) is 12.1. The molecule has 0 radical (unpaired) electrons. The van der Waals surface area contributed by atoms with Crippen LogP contribution >= 0.6 is 23.4 Å². The summed E-state index contributed by atoms with van der Waals surface area (Å²) < 4.78 is 13.3. The van der Waals surface area contributed by atoms with Crippen LogP contribution in [0.2, 0.25) is 5.02 Å². The maximum Gasteiger partial charge on any atom is 0.123 e. The van der Waals surface area contributed by atoms with E-state index >= 15 is 0 Å². The zero-order chi connectivity index (χ0) is 13.8. The fourth-order valence-corrected chi connectivity index (χ4v) is 3.02. The second-order valence-electron chi connectivity index (χ2n) is 4.44. The van der Waals surface area contributed by atoms with Crippen LogP contribution in [-0.2, 0) is 0 Å². The number of thioether (sulfide) groups is 1. The van der Waals surface area contributed by atoms with Gasteiger partial charge in [-0.2, -0.15) is 0 Å². The summed E-state index contributed by atoms with van der Waals surface area (Å²) in [6, 6.07) is 12.3. The van der Waals surface area contributed by atoms with E-state index in [0.29, 0.717) is 10.8 Å². The topological polar surface area (TPSA) is 26.0 Å². The molecule has 0 spiro atoms. The molecule has 19 heavy (non-hydrogen) atoms. The van der Waals surface area contributed by atoms with Gasteiger partial charge >= 0.3 is 0 Å². The van der Waals surface area contributed by atoms with Gasteiger partial charge in [-0.3, -0.25) is 0 Å². The number of nitrogens with two attached hydrogens (primary N) is 1. The van der Waals surface area contributed by atoms with Crippen LogP contribution in [-0.4, -0.2) is 5.75 Å². The third-order valence-corrected chi connectivity index (χ3v) is 4.07. The summed E-state index contributed by atoms with van der Waals surface area (Å²) in [7, 11) is 0. The first-order chi connectivity index (χ1) is 9.04. The lowest BCUT2D eigenvalue weighted by Crippen LogP contribution is -2.13. The predicted octanol–water partition coefficient (Wildman–Crippen LogP) is 4.58. The van der Waals surface area contributed by atoms with Crippen molar-refractivity contribution in [1.82, 2.24) is 0 Å². The SMILES string of the molecule is Cc1cc(F)cc(C(N)CSc2cccc(Cl)c2)c1. The number of hydrogen-bond acceptors (Lipinski definition) is 2. The van der Waals surface area contributed by atoms with E-state index in [0.717, 1.165) is 16.0 Å². The molecule has 0 aliphatic carbocycles. The van der Waals surface area contributed by atoms with Gasteiger partial charge in [0.05, 0.1) is 0 Å². The molecule has 0 aromatic heterocycles. The van der Waals surface area contributed by atoms with Crippen LogP contribution in [0.4, 0.5) is 4.39 Å². The number of benzene rings is 2. The minimum Gasteiger partial charge on any atom is -0.323 e. The molecule has 1 atom stereocenters. The lowest BCUT2D eigenvalue weighted by atomic mass is 10.1. The Balaban J connectivity index is 2.03. The smallest absolute Gasteiger partial charge is 0.123 e. The van der Waals surface area contributed by atoms with Crippen molar-refractivity contribution in [3.63, 3.8) is 0 Å². The average molecular weight is 296 g/mol. The predicted molar refractivity (Wildman–Crippen MR) is 80.2 cm³/mol. The van der Waals surface area contributed by atoms with Crippen LogP contribution in [0.15, 0.2) is 47.4 Å². The number of aryl methyl sites for hydroxylation is 1. The Kier molecular flexibility index (Phi) is 4.86. The van der Waals surface area contributed by atoms with Gasteiger partial charge in [0.15, 0.2) is 0 Å². The maximum atomic E-state index is 13.3. The van der Waals surface area contributed by atoms with Crippen LogP contribution in [0.3, 0.4) is 0 Å². The van der Waals surface area contributed by atoms with Crippen molar-refractivity contribution in [2.24, 2.45) is 5.73 Å². The van der Waals surface area contributed by atoms with E-state index in [-0.39, 0.29) is 11.9 Å². The van der Waals surface area contributed by atoms with Crippen molar-refractivity contribution in [3.8, 4) is 0 Å². The molecule has 1 unspecified atom stereocenters. The second-order valence-corrected chi connectivity index (χ2v) is 5.97. The van der Waals surface area contributed by atoms with E-state index in [9.17, 15) is 4.39 Å². The van der Waals surface area contributed by atoms with Crippen molar-refractivity contribution >= 4 is 23.4 Å². The summed E-state index contributed by atoms with van der Waals surface area (Å²) in [6.45, 7) is 1.86. The summed E-state index contributed by atoms with van der Waals surface area (Å²) in [4.78, 5) is 1.07. The van der Waals surface area contributed by atoms with Gasteiger partial charge in [0.1, 0.15) is 5.82 Å². The molecule has 0 saturated carbocycles. The summed E-state index contributed by atoms with van der Waals surface area (Å²) in [5.41, 5.74) is 7.81. The highest BCUT2D eigenvalue weighted by Crippen LogP contribution is 2.26. The molecule has 0 aliphatic heterocycles. The van der Waals surface area contributed by atoms with Crippen LogP contribution in [0.1, 0.15) is 17.2 Å². The fourth-order valence-electron chi connectivity index (χ4n) is 1.82. The molecule has 1 nitrogen and oxygen atoms in total. The summed E-state index contributed by atoms with van der Waals surface area (Å²) in [6.07, 6.45) is 0. The van der Waals surface area contributed by atoms with Gasteiger partial charge in [0, 0.05) is 21.7 Å². The quantitative estimate of drug-likeness (QED) is 0.836. The Labute approximate surface area is 122 Å². The van der Waals surface area contributed by atoms with Crippen molar-refractivity contribution < 1.29 is 4.39 Å². The normalized spacial score (nSPS) is 12.4. The van der Waals surface area contributed by atoms with Gasteiger partial charge in [-0.05, 0) is 48.4 Å². The minimum atomic E-state index is -0.238. The van der Waals surface area contributed by atoms with Gasteiger partial charge in [0.2, 0.25) is 0 Å². The molecular formula is C15H15ClFNS. The van der Waals surface area contributed by atoms with Gasteiger partial charge in [-0.1, -0.05) is 23.7 Å². The third kappa shape index (κ3) is 4.23. The highest BCUT2D eigenvalue weighted by molar-refractivity contribution is 7.99. The average Bonchev–Trinajstić information content (AvgIpc) is 2.35. The largest absolute Gasteiger partial charge is 0.323 e. The van der Waals surface area contributed by atoms with Crippen molar-refractivity contribution in [2.45, 2.75) is 17.9 Å². The number of rotatable bonds is 4. The van der Waals surface area contributed by atoms with E-state index < -0.39 is 0 Å². The molecule has 2 aromatic rings. The number of hydrogen-bond donors (Lipinski definition) is 1. The molecule has 0 saturated heterocycles. The Morgan fingerprint density at radius 1 is 1.26 bits per heavy atom. The first-order valence-corrected chi connectivity index (χ1v) is 7.32. The molecule has 0 heterocycles. The van der Waals surface area contributed by atoms with Crippen molar-refractivity contribution in [3.05, 3.63) is 64.4 Å². The molecule has 2 N–H and O–H groups in total. The molecule has 2 rings (SSSR count). The summed E-state index contributed by atoms with van der Waals surface area (Å²) in [5, 5.41) is 0.708. The van der Waals surface area contributed by atoms with E-state index in [1.54, 1.807) is 11.8 Å². The van der Waals surface area contributed by atoms with Gasteiger partial charge in [-0.15, -0.1) is 11.8 Å². The van der Waals surface area contributed by atoms with Crippen LogP contribution in [0, 0.1) is 12.7 Å². The highest BCUT2D eigenvalue weighted by Gasteiger charge is 2.09. The first kappa shape index (κ1) is 14.4. The molecule has 0 amide bonds. The first-order valence-electron chi connectivity index (χ1n) is 5.95. The van der Waals surface area contributed by atoms with Gasteiger partial charge in [0.25, 0.3) is 0 Å². The molecule has 0 fully saturated rings. The fraction of sp³-hybridized carbons (Fsp3) is 0.200. The Bertz CT molecular complexity index is 554. The van der Waals surface area contributed by atoms with Crippen LogP contribution in [0.25, 0.3) is 0 Å². The molecule has 4 heteroatoms. The van der Waals surface area contributed by atoms with Gasteiger partial charge in [-0.25, -0.2) is 4.39 Å². The summed E-state index contributed by atoms with van der Waals surface area (Å²) in [5.74, 6) is 0.446. The van der Waals surface area contributed by atoms with E-state index in [4.69, 9.17) is 17.3 Å². The van der Waals surface area contributed by atoms with Crippen LogP contribution in [0.5, 0.6) is 0 Å². The van der Waals surface area contributed by atoms with Gasteiger partial charge < -0.3 is 5.73 Å². The van der Waals surface area contributed by atoms with Crippen LogP contribution < -0.4 is 5.73 Å². The highest BCUT2D eigenvalue weighted by atomic mass is 35.5. The molecular weight excluding hydrogens is 281 g/mol. The third-order valence-electron chi connectivity index (χ3n) is 2.72. The second kappa shape index (κ2) is 6.42. The maximum absolute atomic E-state index is 13.3. The zero-order valence-electron chi connectivity index (χ0n) is 10.6. The molecule has 0 bridgehead atoms. The Morgan fingerprint density at radius 3 is 2.74 bits per heavy atom. The monoisotopic (exact) mass is 295 g/mol. The lowest BCUT2D eigenvalue weighted by Gasteiger charge is -2.13. The Hall–Kier alpha value is -1.03.